The SMILES string of the molecule is CN1CCCC1C(=O)[O-].Cc1c(C)c(C)[c-](C)c1C.[Cl][Rh+2]. The van der Waals surface area contributed by atoms with Gasteiger partial charge >= 0.3 is 27.0 Å². The Morgan fingerprint density at radius 3 is 1.81 bits per heavy atom. The van der Waals surface area contributed by atoms with Crippen molar-refractivity contribution in [2.45, 2.75) is 53.5 Å². The average Bonchev–Trinajstić information content (AvgIpc) is 2.97. The summed E-state index contributed by atoms with van der Waals surface area (Å²) in [5.41, 5.74) is 7.34. The molecule has 0 spiro atoms. The number of carbonyl (C=O) groups excluding carboxylic acids is 1. The normalized spacial score (nSPS) is 17.6. The molecule has 1 aliphatic heterocycles. The Morgan fingerprint density at radius 2 is 1.67 bits per heavy atom. The van der Waals surface area contributed by atoms with Gasteiger partial charge in [0, 0.05) is 6.04 Å². The molecule has 1 atom stereocenters. The zero-order valence-electron chi connectivity index (χ0n) is 13.7. The quantitative estimate of drug-likeness (QED) is 0.536. The van der Waals surface area contributed by atoms with Gasteiger partial charge in [-0.05, 0) is 26.4 Å². The topological polar surface area (TPSA) is 43.4 Å². The second-order valence-corrected chi connectivity index (χ2v) is 5.58. The third-order valence-electron chi connectivity index (χ3n) is 4.61. The van der Waals surface area contributed by atoms with E-state index >= 15 is 0 Å². The second kappa shape index (κ2) is 9.66. The Balaban J connectivity index is 0.000000342. The van der Waals surface area contributed by atoms with Crippen LogP contribution in [0.4, 0.5) is 0 Å². The molecule has 5 heteroatoms. The fourth-order valence-corrected chi connectivity index (χ4v) is 2.61. The maximum absolute atomic E-state index is 10.3. The van der Waals surface area contributed by atoms with Crippen LogP contribution < -0.4 is 5.11 Å². The van der Waals surface area contributed by atoms with Crippen molar-refractivity contribution in [1.29, 1.82) is 0 Å². The van der Waals surface area contributed by atoms with Crippen molar-refractivity contribution in [1.82, 2.24) is 4.90 Å². The van der Waals surface area contributed by atoms with Crippen molar-refractivity contribution in [3.63, 3.8) is 0 Å². The van der Waals surface area contributed by atoms with E-state index < -0.39 is 5.97 Å². The van der Waals surface area contributed by atoms with E-state index in [1.807, 2.05) is 29.3 Å². The fraction of sp³-hybridized carbons (Fsp3) is 0.625. The van der Waals surface area contributed by atoms with E-state index in [9.17, 15) is 9.90 Å². The van der Waals surface area contributed by atoms with Crippen molar-refractivity contribution < 1.29 is 27.2 Å². The third kappa shape index (κ3) is 5.43. The predicted octanol–water partition coefficient (Wildman–Crippen LogP) is 2.47. The Bertz CT molecular complexity index is 391. The molecular formula is C16H25ClNO2Rh. The molecular weight excluding hydrogens is 377 g/mol. The number of likely N-dealkylation sites (tertiary alicyclic amines) is 1. The van der Waals surface area contributed by atoms with Crippen LogP contribution in [-0.4, -0.2) is 30.5 Å². The van der Waals surface area contributed by atoms with Crippen LogP contribution in [0.2, 0.25) is 0 Å². The number of hydrogen-bond donors (Lipinski definition) is 0. The molecule has 0 radical (unpaired) electrons. The van der Waals surface area contributed by atoms with Crippen LogP contribution in [0.3, 0.4) is 0 Å². The fourth-order valence-electron chi connectivity index (χ4n) is 2.61. The van der Waals surface area contributed by atoms with Crippen LogP contribution >= 0.6 is 9.69 Å². The molecule has 1 aromatic rings. The first-order valence-electron chi connectivity index (χ1n) is 7.00. The molecule has 1 unspecified atom stereocenters. The molecule has 0 N–H and O–H groups in total. The van der Waals surface area contributed by atoms with Crippen molar-refractivity contribution >= 4 is 15.7 Å². The predicted molar refractivity (Wildman–Crippen MR) is 82.2 cm³/mol. The molecule has 0 saturated carbocycles. The minimum absolute atomic E-state index is 0.329. The van der Waals surface area contributed by atoms with Gasteiger partial charge in [0.1, 0.15) is 0 Å². The zero-order valence-corrected chi connectivity index (χ0v) is 16.1. The molecule has 1 saturated heterocycles. The van der Waals surface area contributed by atoms with E-state index in [0.29, 0.717) is 0 Å². The number of halogens is 1. The number of nitrogens with zero attached hydrogens (tertiary/aromatic N) is 1. The summed E-state index contributed by atoms with van der Waals surface area (Å²) in [7, 11) is 6.34. The van der Waals surface area contributed by atoms with Crippen LogP contribution in [0, 0.1) is 34.6 Å². The number of likely N-dealkylation sites (N-methyl/N-ethyl adjacent to an activating group) is 1. The standard InChI is InChI=1S/C10H15.C6H11NO2.ClH.Rh/c1-6-7(2)9(4)10(5)8(6)3;1-7-4-2-3-5(7)6(8)9;;/h1-5H3;5H,2-4H2,1H3,(H,8,9);1H;/q-1;;;+3/p-2. The molecule has 0 aromatic heterocycles. The molecule has 21 heavy (non-hydrogen) atoms. The Kier molecular flexibility index (Phi) is 9.52. The maximum atomic E-state index is 10.3. The number of aliphatic carboxylic acids is 1. The van der Waals surface area contributed by atoms with Crippen molar-refractivity contribution in [2.75, 3.05) is 13.6 Å². The summed E-state index contributed by atoms with van der Waals surface area (Å²) in [4.78, 5) is 12.1. The molecule has 1 aliphatic rings. The van der Waals surface area contributed by atoms with Gasteiger partial charge in [-0.3, -0.25) is 4.90 Å². The second-order valence-electron chi connectivity index (χ2n) is 5.58. The van der Waals surface area contributed by atoms with Crippen LogP contribution in [0.1, 0.15) is 40.7 Å². The summed E-state index contributed by atoms with van der Waals surface area (Å²) in [6.07, 6.45) is 1.73. The van der Waals surface area contributed by atoms with Gasteiger partial charge in [-0.15, -0.1) is 0 Å². The van der Waals surface area contributed by atoms with Gasteiger partial charge < -0.3 is 9.90 Å². The minimum atomic E-state index is -0.935. The van der Waals surface area contributed by atoms with E-state index in [4.69, 9.17) is 0 Å². The molecule has 0 aliphatic carbocycles. The first-order valence-corrected chi connectivity index (χ1v) is 9.11. The van der Waals surface area contributed by atoms with E-state index in [1.165, 1.54) is 27.8 Å². The summed E-state index contributed by atoms with van der Waals surface area (Å²) in [5.74, 6) is -0.935. The van der Waals surface area contributed by atoms with Crippen molar-refractivity contribution in [2.24, 2.45) is 0 Å². The number of rotatable bonds is 1. The van der Waals surface area contributed by atoms with Crippen molar-refractivity contribution in [3.05, 3.63) is 27.8 Å². The van der Waals surface area contributed by atoms with Gasteiger partial charge in [0.2, 0.25) is 0 Å². The first-order chi connectivity index (χ1) is 9.77. The van der Waals surface area contributed by atoms with Crippen LogP contribution in [0.5, 0.6) is 0 Å². The van der Waals surface area contributed by atoms with E-state index in [1.54, 1.807) is 0 Å². The summed E-state index contributed by atoms with van der Waals surface area (Å²) in [6, 6.07) is -0.329. The Hall–Kier alpha value is -0.307. The molecule has 2 rings (SSSR count). The van der Waals surface area contributed by atoms with Gasteiger partial charge in [0.25, 0.3) is 0 Å². The van der Waals surface area contributed by atoms with Crippen molar-refractivity contribution in [3.8, 4) is 0 Å². The zero-order chi connectivity index (χ0) is 16.7. The van der Waals surface area contributed by atoms with Gasteiger partial charge in [-0.25, -0.2) is 0 Å². The van der Waals surface area contributed by atoms with E-state index in [0.717, 1.165) is 19.4 Å². The molecule has 0 amide bonds. The molecule has 3 nitrogen and oxygen atoms in total. The average molecular weight is 402 g/mol. The van der Waals surface area contributed by atoms with Crippen LogP contribution in [-0.2, 0) is 22.1 Å². The third-order valence-corrected chi connectivity index (χ3v) is 4.61. The molecule has 0 bridgehead atoms. The van der Waals surface area contributed by atoms with Gasteiger partial charge in [-0.1, -0.05) is 34.6 Å². The number of carboxylic acids is 1. The Morgan fingerprint density at radius 1 is 1.24 bits per heavy atom. The number of carbonyl (C=O) groups is 1. The van der Waals surface area contributed by atoms with Crippen LogP contribution in [0.25, 0.3) is 0 Å². The number of hydrogen-bond acceptors (Lipinski definition) is 3. The summed E-state index contributed by atoms with van der Waals surface area (Å²) < 4.78 is 0. The molecule has 1 aromatic carbocycles. The van der Waals surface area contributed by atoms with E-state index in [2.05, 4.69) is 44.3 Å². The van der Waals surface area contributed by atoms with Gasteiger partial charge in [0.15, 0.2) is 0 Å². The molecule has 1 heterocycles. The summed E-state index contributed by atoms with van der Waals surface area (Å²) in [5, 5.41) is 10.3. The molecule has 122 valence electrons. The monoisotopic (exact) mass is 401 g/mol. The summed E-state index contributed by atoms with van der Waals surface area (Å²) >= 11 is 2.02. The first kappa shape index (κ1) is 20.7. The summed E-state index contributed by atoms with van der Waals surface area (Å²) in [6.45, 7) is 11.9. The number of carboxylic acid groups (broad SMARTS) is 1. The van der Waals surface area contributed by atoms with Gasteiger partial charge in [-0.2, -0.15) is 27.8 Å². The van der Waals surface area contributed by atoms with Gasteiger partial charge in [0.05, 0.1) is 5.97 Å². The Labute approximate surface area is 142 Å². The molecule has 1 fully saturated rings. The van der Waals surface area contributed by atoms with Crippen LogP contribution in [0.15, 0.2) is 0 Å². The van der Waals surface area contributed by atoms with E-state index in [-0.39, 0.29) is 6.04 Å².